The summed E-state index contributed by atoms with van der Waals surface area (Å²) in [6, 6.07) is 21.2. The maximum Gasteiger partial charge on any atom is 0.242 e. The van der Waals surface area contributed by atoms with Gasteiger partial charge < -0.3 is 14.6 Å². The largest absolute Gasteiger partial charge is 0.507 e. The number of hydrogen-bond acceptors (Lipinski definition) is 7. The summed E-state index contributed by atoms with van der Waals surface area (Å²) in [7, 11) is 3.17. The summed E-state index contributed by atoms with van der Waals surface area (Å²) in [6.07, 6.45) is 0. The van der Waals surface area contributed by atoms with Crippen LogP contribution >= 0.6 is 0 Å². The van der Waals surface area contributed by atoms with Gasteiger partial charge in [0.25, 0.3) is 0 Å². The van der Waals surface area contributed by atoms with E-state index in [0.29, 0.717) is 40.0 Å². The molecule has 0 spiro atoms. The Morgan fingerprint density at radius 2 is 1.14 bits per heavy atom. The molecule has 0 radical (unpaired) electrons. The van der Waals surface area contributed by atoms with E-state index in [1.807, 2.05) is 60.7 Å². The topological polar surface area (TPSA) is 122 Å². The highest BCUT2D eigenvalue weighted by Gasteiger charge is 2.23. The summed E-state index contributed by atoms with van der Waals surface area (Å²) >= 11 is 0. The van der Waals surface area contributed by atoms with Gasteiger partial charge in [0.1, 0.15) is 5.75 Å². The molecule has 9 nitrogen and oxygen atoms in total. The van der Waals surface area contributed by atoms with E-state index in [1.54, 1.807) is 20.3 Å². The van der Waals surface area contributed by atoms with Gasteiger partial charge in [0, 0.05) is 27.1 Å². The number of rotatable bonds is 4. The highest BCUT2D eigenvalue weighted by Crippen LogP contribution is 2.45. The van der Waals surface area contributed by atoms with E-state index in [9.17, 15) is 5.11 Å². The van der Waals surface area contributed by atoms with Crippen molar-refractivity contribution in [2.24, 2.45) is 0 Å². The van der Waals surface area contributed by atoms with E-state index in [4.69, 9.17) is 19.4 Å². The lowest BCUT2D eigenvalue weighted by Gasteiger charge is -2.15. The second kappa shape index (κ2) is 7.92. The molecule has 0 atom stereocenters. The number of pyridine rings is 2. The van der Waals surface area contributed by atoms with Gasteiger partial charge in [0.2, 0.25) is 11.8 Å². The molecule has 0 aliphatic rings. The third kappa shape index (κ3) is 2.97. The molecule has 0 saturated carbocycles. The van der Waals surface area contributed by atoms with Crippen molar-refractivity contribution in [1.29, 1.82) is 0 Å². The number of nitrogens with one attached hydrogen (secondary N) is 2. The van der Waals surface area contributed by atoms with Gasteiger partial charge in [-0.3, -0.25) is 10.2 Å². The first kappa shape index (κ1) is 21.1. The second-order valence-electron chi connectivity index (χ2n) is 8.62. The van der Waals surface area contributed by atoms with Gasteiger partial charge in [-0.05, 0) is 6.07 Å². The molecule has 180 valence electrons. The van der Waals surface area contributed by atoms with Gasteiger partial charge in [-0.25, -0.2) is 9.97 Å². The van der Waals surface area contributed by atoms with Crippen molar-refractivity contribution in [2.75, 3.05) is 14.2 Å². The Morgan fingerprint density at radius 3 is 1.70 bits per heavy atom. The summed E-state index contributed by atoms with van der Waals surface area (Å²) in [4.78, 5) is 9.88. The standard InChI is InChI=1S/C28H20N6O3/c1-36-27-21-14-8-3-5-10-16(14)23(29-25(21)31-33-27)18-12-7-13-19(35)20(18)24-17-11-6-4-9-15(17)22-26(30-24)32-34-28(22)37-2/h3-13,35H,1-2H3,(H,29,31,33)(H,30,32,34). The van der Waals surface area contributed by atoms with Gasteiger partial charge in [0.15, 0.2) is 11.3 Å². The molecule has 0 fully saturated rings. The molecule has 3 N–H and O–H groups in total. The fourth-order valence-electron chi connectivity index (χ4n) is 5.12. The predicted molar refractivity (Wildman–Crippen MR) is 142 cm³/mol. The minimum atomic E-state index is 0.0918. The maximum absolute atomic E-state index is 11.3. The molecule has 0 amide bonds. The number of methoxy groups -OCH3 is 2. The molecule has 0 bridgehead atoms. The Balaban J connectivity index is 1.61. The number of phenolic OH excluding ortho intramolecular Hbond substituents is 1. The number of benzene rings is 3. The first-order valence-electron chi connectivity index (χ1n) is 11.6. The molecule has 7 aromatic rings. The number of H-pyrrole nitrogens is 2. The summed E-state index contributed by atoms with van der Waals surface area (Å²) < 4.78 is 11.0. The van der Waals surface area contributed by atoms with Crippen LogP contribution in [0.1, 0.15) is 0 Å². The summed E-state index contributed by atoms with van der Waals surface area (Å²) in [5, 5.41) is 31.0. The molecule has 0 saturated heterocycles. The van der Waals surface area contributed by atoms with Crippen molar-refractivity contribution in [3.63, 3.8) is 0 Å². The minimum absolute atomic E-state index is 0.0918. The van der Waals surface area contributed by atoms with Crippen molar-refractivity contribution >= 4 is 43.6 Å². The van der Waals surface area contributed by atoms with E-state index in [2.05, 4.69) is 20.4 Å². The zero-order valence-corrected chi connectivity index (χ0v) is 19.9. The van der Waals surface area contributed by atoms with E-state index < -0.39 is 0 Å². The lowest BCUT2D eigenvalue weighted by Crippen LogP contribution is -1.96. The molecule has 4 heterocycles. The average Bonchev–Trinajstić information content (AvgIpc) is 3.56. The van der Waals surface area contributed by atoms with Crippen LogP contribution in [0.25, 0.3) is 66.1 Å². The fourth-order valence-corrected chi connectivity index (χ4v) is 5.12. The smallest absolute Gasteiger partial charge is 0.242 e. The number of phenols is 1. The number of fused-ring (bicyclic) bond motifs is 6. The number of aromatic amines is 2. The summed E-state index contributed by atoms with van der Waals surface area (Å²) in [5.74, 6) is 1.04. The van der Waals surface area contributed by atoms with Crippen molar-refractivity contribution in [3.8, 4) is 40.0 Å². The highest BCUT2D eigenvalue weighted by atomic mass is 16.5. The summed E-state index contributed by atoms with van der Waals surface area (Å²) in [6.45, 7) is 0. The SMILES string of the molecule is COc1n[nH]c2nc(-c3cccc(O)c3-c3nc4[nH]nc(OC)c4c4ccccc34)c3ccccc3c12. The van der Waals surface area contributed by atoms with Crippen LogP contribution in [-0.2, 0) is 0 Å². The Labute approximate surface area is 209 Å². The van der Waals surface area contributed by atoms with Crippen LogP contribution < -0.4 is 9.47 Å². The van der Waals surface area contributed by atoms with Crippen LogP contribution in [0.3, 0.4) is 0 Å². The number of ether oxygens (including phenoxy) is 2. The fraction of sp³-hybridized carbons (Fsp3) is 0.0714. The molecule has 0 unspecified atom stereocenters. The van der Waals surface area contributed by atoms with Crippen LogP contribution in [0.15, 0.2) is 66.7 Å². The monoisotopic (exact) mass is 488 g/mol. The van der Waals surface area contributed by atoms with Gasteiger partial charge in [-0.15, -0.1) is 10.2 Å². The van der Waals surface area contributed by atoms with Crippen LogP contribution in [0, 0.1) is 0 Å². The normalized spacial score (nSPS) is 11.6. The van der Waals surface area contributed by atoms with Crippen LogP contribution in [0.4, 0.5) is 0 Å². The lowest BCUT2D eigenvalue weighted by molar-refractivity contribution is 0.401. The van der Waals surface area contributed by atoms with Crippen molar-refractivity contribution < 1.29 is 14.6 Å². The minimum Gasteiger partial charge on any atom is -0.507 e. The number of aromatic hydroxyl groups is 1. The molecular formula is C28H20N6O3. The van der Waals surface area contributed by atoms with Crippen molar-refractivity contribution in [2.45, 2.75) is 0 Å². The third-order valence-corrected chi connectivity index (χ3v) is 6.70. The molecule has 0 aliphatic heterocycles. The maximum atomic E-state index is 11.3. The Bertz CT molecular complexity index is 1990. The molecule has 4 aromatic heterocycles. The van der Waals surface area contributed by atoms with Gasteiger partial charge in [-0.1, -0.05) is 60.7 Å². The first-order chi connectivity index (χ1) is 18.2. The van der Waals surface area contributed by atoms with E-state index >= 15 is 0 Å². The van der Waals surface area contributed by atoms with Crippen molar-refractivity contribution in [3.05, 3.63) is 66.7 Å². The number of nitrogens with zero attached hydrogens (tertiary/aromatic N) is 4. The van der Waals surface area contributed by atoms with E-state index in [0.717, 1.165) is 37.9 Å². The van der Waals surface area contributed by atoms with Gasteiger partial charge in [-0.2, -0.15) is 0 Å². The van der Waals surface area contributed by atoms with E-state index in [1.165, 1.54) is 0 Å². The molecule has 7 rings (SSSR count). The number of aromatic nitrogens is 6. The third-order valence-electron chi connectivity index (χ3n) is 6.70. The summed E-state index contributed by atoms with van der Waals surface area (Å²) in [5.41, 5.74) is 3.75. The van der Waals surface area contributed by atoms with E-state index in [-0.39, 0.29) is 5.75 Å². The first-order valence-corrected chi connectivity index (χ1v) is 11.6. The predicted octanol–water partition coefficient (Wildman–Crippen LogP) is 5.59. The number of hydrogen-bond donors (Lipinski definition) is 3. The Morgan fingerprint density at radius 1 is 0.622 bits per heavy atom. The zero-order valence-electron chi connectivity index (χ0n) is 19.9. The van der Waals surface area contributed by atoms with Crippen LogP contribution in [-0.4, -0.2) is 49.7 Å². The van der Waals surface area contributed by atoms with Crippen LogP contribution in [0.5, 0.6) is 17.5 Å². The molecule has 37 heavy (non-hydrogen) atoms. The molecular weight excluding hydrogens is 468 g/mol. The lowest BCUT2D eigenvalue weighted by atomic mass is 9.93. The zero-order chi connectivity index (χ0) is 25.1. The quantitative estimate of drug-likeness (QED) is 0.295. The van der Waals surface area contributed by atoms with Crippen molar-refractivity contribution in [1.82, 2.24) is 30.4 Å². The Hall–Kier alpha value is -5.18. The molecule has 9 heteroatoms. The Kier molecular flexibility index (Phi) is 4.52. The second-order valence-corrected chi connectivity index (χ2v) is 8.62. The molecule has 3 aromatic carbocycles. The highest BCUT2D eigenvalue weighted by molar-refractivity contribution is 6.16. The molecule has 0 aliphatic carbocycles. The van der Waals surface area contributed by atoms with Gasteiger partial charge >= 0.3 is 0 Å². The average molecular weight is 489 g/mol. The van der Waals surface area contributed by atoms with Crippen LogP contribution in [0.2, 0.25) is 0 Å². The van der Waals surface area contributed by atoms with Gasteiger partial charge in [0.05, 0.1) is 41.9 Å².